The summed E-state index contributed by atoms with van der Waals surface area (Å²) in [4.78, 5) is 9.88. The first-order valence-electron chi connectivity index (χ1n) is 9.24. The molecule has 0 saturated heterocycles. The van der Waals surface area contributed by atoms with Crippen LogP contribution in [0.4, 0.5) is 4.39 Å². The van der Waals surface area contributed by atoms with E-state index in [0.29, 0.717) is 11.7 Å². The van der Waals surface area contributed by atoms with Crippen LogP contribution in [0, 0.1) is 5.82 Å². The number of nitrogens with one attached hydrogen (secondary N) is 1. The van der Waals surface area contributed by atoms with Crippen LogP contribution in [0.25, 0.3) is 0 Å². The van der Waals surface area contributed by atoms with Crippen molar-refractivity contribution >= 4 is 29.2 Å². The van der Waals surface area contributed by atoms with Crippen LogP contribution in [0.5, 0.6) is 0 Å². The highest BCUT2D eigenvalue weighted by Crippen LogP contribution is 2.35. The van der Waals surface area contributed by atoms with Crippen LogP contribution >= 0.6 is 24.0 Å². The van der Waals surface area contributed by atoms with Gasteiger partial charge in [0.05, 0.1) is 12.2 Å². The van der Waals surface area contributed by atoms with Gasteiger partial charge in [0.15, 0.2) is 0 Å². The molecule has 0 amide bonds. The lowest BCUT2D eigenvalue weighted by molar-refractivity contribution is 0.273. The van der Waals surface area contributed by atoms with E-state index in [1.807, 2.05) is 24.4 Å². The van der Waals surface area contributed by atoms with Crippen molar-refractivity contribution in [3.8, 4) is 0 Å². The summed E-state index contributed by atoms with van der Waals surface area (Å²) in [6.07, 6.45) is 3.57. The molecule has 0 saturated carbocycles. The predicted molar refractivity (Wildman–Crippen MR) is 117 cm³/mol. The number of rotatable bonds is 7. The number of thiocarbonyl (C=S) groups is 1. The van der Waals surface area contributed by atoms with Gasteiger partial charge in [0.1, 0.15) is 23.3 Å². The first-order chi connectivity index (χ1) is 14.0. The Labute approximate surface area is 179 Å². The van der Waals surface area contributed by atoms with Gasteiger partial charge >= 0.3 is 0 Å². The van der Waals surface area contributed by atoms with Gasteiger partial charge in [0, 0.05) is 24.3 Å². The molecule has 2 heterocycles. The molecule has 0 radical (unpaired) electrons. The van der Waals surface area contributed by atoms with Gasteiger partial charge in [-0.1, -0.05) is 37.7 Å². The first kappa shape index (κ1) is 21.3. The van der Waals surface area contributed by atoms with Crippen molar-refractivity contribution in [1.29, 1.82) is 0 Å². The number of benzene rings is 1. The quantitative estimate of drug-likeness (QED) is 0.546. The zero-order valence-electron chi connectivity index (χ0n) is 16.6. The smallest absolute Gasteiger partial charge is 0.256 e. The third-order valence-corrected chi connectivity index (χ3v) is 5.62. The fraction of sp³-hybridized carbons (Fsp3) is 0.286. The van der Waals surface area contributed by atoms with Gasteiger partial charge in [0.25, 0.3) is 5.17 Å². The Morgan fingerprint density at radius 3 is 2.79 bits per heavy atom. The Morgan fingerprint density at radius 1 is 1.31 bits per heavy atom. The maximum absolute atomic E-state index is 13.7. The Morgan fingerprint density at radius 2 is 2.14 bits per heavy atom. The van der Waals surface area contributed by atoms with E-state index in [2.05, 4.69) is 28.7 Å². The van der Waals surface area contributed by atoms with Crippen molar-refractivity contribution in [3.63, 3.8) is 0 Å². The maximum atomic E-state index is 13.7. The monoisotopic (exact) mass is 430 g/mol. The molecule has 29 heavy (non-hydrogen) atoms. The van der Waals surface area contributed by atoms with Crippen molar-refractivity contribution in [2.75, 3.05) is 7.05 Å². The Hall–Kier alpha value is -2.45. The molecular formula is C21H23FN4OS2. The molecule has 2 aromatic heterocycles. The van der Waals surface area contributed by atoms with Crippen LogP contribution in [-0.4, -0.2) is 26.8 Å². The number of hydrogen-bond acceptors (Lipinski definition) is 5. The van der Waals surface area contributed by atoms with Crippen LogP contribution in [0.3, 0.4) is 0 Å². The highest BCUT2D eigenvalue weighted by molar-refractivity contribution is 7.99. The number of halogens is 1. The second-order valence-electron chi connectivity index (χ2n) is 6.71. The summed E-state index contributed by atoms with van der Waals surface area (Å²) < 4.78 is 21.5. The van der Waals surface area contributed by atoms with Gasteiger partial charge < -0.3 is 14.6 Å². The van der Waals surface area contributed by atoms with E-state index in [9.17, 15) is 4.39 Å². The van der Waals surface area contributed by atoms with Crippen LogP contribution in [0.15, 0.2) is 58.7 Å². The molecule has 0 spiro atoms. The molecule has 152 valence electrons. The minimum atomic E-state index is -0.262. The minimum absolute atomic E-state index is 0.191. The molecule has 0 atom stereocenters. The zero-order valence-corrected chi connectivity index (χ0v) is 18.2. The lowest BCUT2D eigenvalue weighted by atomic mass is 10.1. The zero-order chi connectivity index (χ0) is 20.8. The molecule has 1 aromatic carbocycles. The largest absolute Gasteiger partial charge is 0.463 e. The van der Waals surface area contributed by atoms with E-state index in [4.69, 9.17) is 21.9 Å². The molecule has 0 aliphatic carbocycles. The standard InChI is InChI=1S/C21H23FN4OS2/c1-14(2)19-20(29-17-8-4-7-16(22)10-17)26(12-15-6-5-9-24-11-15)18(25-19)13-27-21(28)23-3/h4-11,14H,12-13H2,1-3H3,(H,23,28). The molecule has 3 rings (SSSR count). The molecule has 1 N–H and O–H groups in total. The molecular weight excluding hydrogens is 407 g/mol. The molecule has 5 nitrogen and oxygen atoms in total. The van der Waals surface area contributed by atoms with Crippen LogP contribution < -0.4 is 5.32 Å². The fourth-order valence-corrected chi connectivity index (χ4v) is 4.04. The first-order valence-corrected chi connectivity index (χ1v) is 10.5. The molecule has 0 bridgehead atoms. The highest BCUT2D eigenvalue weighted by Gasteiger charge is 2.21. The summed E-state index contributed by atoms with van der Waals surface area (Å²) in [6, 6.07) is 10.5. The SMILES string of the molecule is CNC(=S)OCc1nc(C(C)C)c(Sc2cccc(F)c2)n1Cc1cccnc1. The van der Waals surface area contributed by atoms with Gasteiger partial charge in [-0.05, 0) is 48.0 Å². The van der Waals surface area contributed by atoms with Crippen molar-refractivity contribution in [3.05, 3.63) is 71.7 Å². The highest BCUT2D eigenvalue weighted by atomic mass is 32.2. The van der Waals surface area contributed by atoms with Gasteiger partial charge in [0.2, 0.25) is 0 Å². The summed E-state index contributed by atoms with van der Waals surface area (Å²) in [5.74, 6) is 0.688. The number of imidazole rings is 1. The van der Waals surface area contributed by atoms with Crippen molar-refractivity contribution < 1.29 is 9.13 Å². The lowest BCUT2D eigenvalue weighted by Crippen LogP contribution is -2.20. The molecule has 0 aliphatic rings. The summed E-state index contributed by atoms with van der Waals surface area (Å²) in [5, 5.41) is 4.08. The summed E-state index contributed by atoms with van der Waals surface area (Å²) in [7, 11) is 1.72. The lowest BCUT2D eigenvalue weighted by Gasteiger charge is -2.14. The third kappa shape index (κ3) is 5.55. The second kappa shape index (κ2) is 9.84. The predicted octanol–water partition coefficient (Wildman–Crippen LogP) is 4.76. The van der Waals surface area contributed by atoms with E-state index in [1.165, 1.54) is 23.9 Å². The van der Waals surface area contributed by atoms with Crippen LogP contribution in [0.1, 0.15) is 36.8 Å². The van der Waals surface area contributed by atoms with Crippen molar-refractivity contribution in [1.82, 2.24) is 19.9 Å². The van der Waals surface area contributed by atoms with E-state index in [0.717, 1.165) is 27.0 Å². The van der Waals surface area contributed by atoms with Crippen LogP contribution in [-0.2, 0) is 17.9 Å². The van der Waals surface area contributed by atoms with Gasteiger partial charge in [-0.3, -0.25) is 4.98 Å². The number of aromatic nitrogens is 3. The second-order valence-corrected chi connectivity index (χ2v) is 8.14. The molecule has 0 fully saturated rings. The van der Waals surface area contributed by atoms with Crippen molar-refractivity contribution in [2.24, 2.45) is 0 Å². The molecule has 0 aliphatic heterocycles. The van der Waals surface area contributed by atoms with Crippen LogP contribution in [0.2, 0.25) is 0 Å². The normalized spacial score (nSPS) is 10.9. The topological polar surface area (TPSA) is 52.0 Å². The van der Waals surface area contributed by atoms with Gasteiger partial charge in [-0.25, -0.2) is 9.37 Å². The number of hydrogen-bond donors (Lipinski definition) is 1. The molecule has 3 aromatic rings. The summed E-state index contributed by atoms with van der Waals surface area (Å²) in [5.41, 5.74) is 1.98. The third-order valence-electron chi connectivity index (χ3n) is 4.18. The van der Waals surface area contributed by atoms with Gasteiger partial charge in [-0.2, -0.15) is 0 Å². The van der Waals surface area contributed by atoms with E-state index >= 15 is 0 Å². The minimum Gasteiger partial charge on any atom is -0.463 e. The fourth-order valence-electron chi connectivity index (χ4n) is 2.78. The van der Waals surface area contributed by atoms with Gasteiger partial charge in [-0.15, -0.1) is 0 Å². The summed E-state index contributed by atoms with van der Waals surface area (Å²) >= 11 is 6.61. The number of ether oxygens (including phenoxy) is 1. The van der Waals surface area contributed by atoms with Crippen molar-refractivity contribution in [2.45, 2.75) is 42.8 Å². The van der Waals surface area contributed by atoms with E-state index in [-0.39, 0.29) is 18.3 Å². The number of pyridine rings is 1. The van der Waals surface area contributed by atoms with E-state index < -0.39 is 0 Å². The number of nitrogens with zero attached hydrogens (tertiary/aromatic N) is 3. The average Bonchev–Trinajstić information content (AvgIpc) is 3.04. The molecule has 0 unspecified atom stereocenters. The molecule has 8 heteroatoms. The average molecular weight is 431 g/mol. The Bertz CT molecular complexity index is 976. The Kier molecular flexibility index (Phi) is 7.22. The Balaban J connectivity index is 2.04. The summed E-state index contributed by atoms with van der Waals surface area (Å²) in [6.45, 7) is 5.00. The maximum Gasteiger partial charge on any atom is 0.256 e. The van der Waals surface area contributed by atoms with E-state index in [1.54, 1.807) is 19.3 Å².